The summed E-state index contributed by atoms with van der Waals surface area (Å²) in [5.41, 5.74) is 2.57. The van der Waals surface area contributed by atoms with E-state index in [1.165, 1.54) is 43.4 Å². The Morgan fingerprint density at radius 3 is 2.82 bits per heavy atom. The molecule has 0 bridgehead atoms. The zero-order valence-electron chi connectivity index (χ0n) is 11.4. The van der Waals surface area contributed by atoms with Gasteiger partial charge in [0, 0.05) is 24.8 Å². The molecule has 1 unspecified atom stereocenters. The molecule has 1 atom stereocenters. The average molecular weight is 235 g/mol. The van der Waals surface area contributed by atoms with Crippen molar-refractivity contribution in [3.8, 4) is 0 Å². The van der Waals surface area contributed by atoms with Crippen LogP contribution in [0.4, 0.5) is 0 Å². The molecule has 3 heteroatoms. The first-order valence-electron chi connectivity index (χ1n) is 6.94. The number of aryl methyl sites for hydroxylation is 2. The van der Waals surface area contributed by atoms with Crippen molar-refractivity contribution in [1.29, 1.82) is 0 Å². The monoisotopic (exact) mass is 235 g/mol. The van der Waals surface area contributed by atoms with Gasteiger partial charge in [-0.2, -0.15) is 5.10 Å². The van der Waals surface area contributed by atoms with E-state index in [-0.39, 0.29) is 0 Å². The molecular weight excluding hydrogens is 210 g/mol. The fourth-order valence-electron chi connectivity index (χ4n) is 2.46. The molecule has 1 heterocycles. The zero-order valence-corrected chi connectivity index (χ0v) is 11.4. The molecule has 1 aromatic heterocycles. The molecule has 17 heavy (non-hydrogen) atoms. The third kappa shape index (κ3) is 3.56. The molecule has 1 aromatic rings. The van der Waals surface area contributed by atoms with E-state index in [1.807, 2.05) is 11.7 Å². The van der Waals surface area contributed by atoms with Gasteiger partial charge in [-0.25, -0.2) is 0 Å². The predicted molar refractivity (Wildman–Crippen MR) is 70.9 cm³/mol. The van der Waals surface area contributed by atoms with Crippen LogP contribution in [0.1, 0.15) is 56.3 Å². The van der Waals surface area contributed by atoms with Crippen LogP contribution in [0.2, 0.25) is 0 Å². The van der Waals surface area contributed by atoms with Crippen LogP contribution in [0.5, 0.6) is 0 Å². The summed E-state index contributed by atoms with van der Waals surface area (Å²) in [4.78, 5) is 0. The third-order valence-electron chi connectivity index (χ3n) is 3.63. The van der Waals surface area contributed by atoms with Crippen molar-refractivity contribution in [3.63, 3.8) is 0 Å². The minimum Gasteiger partial charge on any atom is -0.310 e. The maximum Gasteiger partial charge on any atom is 0.0641 e. The Bertz CT molecular complexity index is 352. The molecule has 0 amide bonds. The highest BCUT2D eigenvalue weighted by molar-refractivity contribution is 5.20. The second-order valence-corrected chi connectivity index (χ2v) is 5.37. The van der Waals surface area contributed by atoms with Crippen LogP contribution in [0.25, 0.3) is 0 Å². The topological polar surface area (TPSA) is 29.9 Å². The lowest BCUT2D eigenvalue weighted by Crippen LogP contribution is -2.22. The van der Waals surface area contributed by atoms with Gasteiger partial charge in [-0.3, -0.25) is 4.68 Å². The number of nitrogens with zero attached hydrogens (tertiary/aromatic N) is 2. The number of aromatic nitrogens is 2. The Balaban J connectivity index is 1.98. The first kappa shape index (κ1) is 12.6. The minimum atomic E-state index is 0.504. The molecule has 0 saturated heterocycles. The maximum absolute atomic E-state index is 4.46. The van der Waals surface area contributed by atoms with Crippen molar-refractivity contribution >= 4 is 0 Å². The molecule has 1 fully saturated rings. The molecule has 1 aliphatic carbocycles. The van der Waals surface area contributed by atoms with E-state index in [2.05, 4.69) is 30.5 Å². The summed E-state index contributed by atoms with van der Waals surface area (Å²) in [5, 5.41) is 8.13. The fraction of sp³-hybridized carbons (Fsp3) is 0.786. The summed E-state index contributed by atoms with van der Waals surface area (Å²) in [6.07, 6.45) is 8.90. The lowest BCUT2D eigenvalue weighted by Gasteiger charge is -2.18. The molecule has 0 aliphatic heterocycles. The molecule has 1 N–H and O–H groups in total. The van der Waals surface area contributed by atoms with E-state index >= 15 is 0 Å². The van der Waals surface area contributed by atoms with E-state index in [0.29, 0.717) is 6.04 Å². The third-order valence-corrected chi connectivity index (χ3v) is 3.63. The molecule has 96 valence electrons. The Morgan fingerprint density at radius 1 is 1.53 bits per heavy atom. The number of rotatable bonds is 7. The van der Waals surface area contributed by atoms with Crippen LogP contribution >= 0.6 is 0 Å². The van der Waals surface area contributed by atoms with Gasteiger partial charge in [0.15, 0.2) is 0 Å². The first-order chi connectivity index (χ1) is 8.20. The van der Waals surface area contributed by atoms with Gasteiger partial charge in [-0.1, -0.05) is 19.8 Å². The Labute approximate surface area is 105 Å². The molecule has 3 nitrogen and oxygen atoms in total. The molecule has 0 spiro atoms. The van der Waals surface area contributed by atoms with Gasteiger partial charge in [0.25, 0.3) is 0 Å². The molecule has 1 saturated carbocycles. The normalized spacial score (nSPS) is 17.4. The van der Waals surface area contributed by atoms with Gasteiger partial charge >= 0.3 is 0 Å². The quantitative estimate of drug-likeness (QED) is 0.787. The predicted octanol–water partition coefficient (Wildman–Crippen LogP) is 2.96. The lowest BCUT2D eigenvalue weighted by atomic mass is 10.0. The van der Waals surface area contributed by atoms with Crippen LogP contribution < -0.4 is 5.32 Å². The summed E-state index contributed by atoms with van der Waals surface area (Å²) in [6, 6.07) is 0.504. The maximum atomic E-state index is 4.46. The molecule has 1 aliphatic rings. The fourth-order valence-corrected chi connectivity index (χ4v) is 2.46. The minimum absolute atomic E-state index is 0.504. The average Bonchev–Trinajstić information content (AvgIpc) is 3.05. The highest BCUT2D eigenvalue weighted by atomic mass is 15.3. The summed E-state index contributed by atoms with van der Waals surface area (Å²) in [7, 11) is 2.01. The smallest absolute Gasteiger partial charge is 0.0641 e. The van der Waals surface area contributed by atoms with E-state index < -0.39 is 0 Å². The second-order valence-electron chi connectivity index (χ2n) is 5.37. The van der Waals surface area contributed by atoms with Gasteiger partial charge in [-0.05, 0) is 38.6 Å². The van der Waals surface area contributed by atoms with Crippen LogP contribution in [-0.4, -0.2) is 16.3 Å². The van der Waals surface area contributed by atoms with Crippen molar-refractivity contribution in [2.24, 2.45) is 13.0 Å². The van der Waals surface area contributed by atoms with Crippen LogP contribution in [0.15, 0.2) is 6.20 Å². The van der Waals surface area contributed by atoms with Crippen molar-refractivity contribution in [3.05, 3.63) is 17.5 Å². The molecule has 2 rings (SSSR count). The van der Waals surface area contributed by atoms with Crippen molar-refractivity contribution in [2.75, 3.05) is 6.54 Å². The second kappa shape index (κ2) is 5.67. The van der Waals surface area contributed by atoms with E-state index in [4.69, 9.17) is 0 Å². The standard InChI is InChI=1S/C14H25N3/c1-4-9-15-14(8-7-12-5-6-12)13-10-17(3)16-11(13)2/h10,12,14-15H,4-9H2,1-3H3. The number of hydrogen-bond donors (Lipinski definition) is 1. The summed E-state index contributed by atoms with van der Waals surface area (Å²) >= 11 is 0. The van der Waals surface area contributed by atoms with Crippen molar-refractivity contribution in [2.45, 2.75) is 52.0 Å². The van der Waals surface area contributed by atoms with Gasteiger partial charge in [0.05, 0.1) is 5.69 Å². The number of hydrogen-bond acceptors (Lipinski definition) is 2. The zero-order chi connectivity index (χ0) is 12.3. The van der Waals surface area contributed by atoms with Crippen LogP contribution in [0, 0.1) is 12.8 Å². The highest BCUT2D eigenvalue weighted by Crippen LogP contribution is 2.36. The van der Waals surface area contributed by atoms with Crippen molar-refractivity contribution < 1.29 is 0 Å². The Hall–Kier alpha value is -0.830. The van der Waals surface area contributed by atoms with Gasteiger partial charge < -0.3 is 5.32 Å². The summed E-state index contributed by atoms with van der Waals surface area (Å²) in [6.45, 7) is 5.44. The molecular formula is C14H25N3. The lowest BCUT2D eigenvalue weighted by molar-refractivity contribution is 0.468. The van der Waals surface area contributed by atoms with Crippen LogP contribution in [-0.2, 0) is 7.05 Å². The summed E-state index contributed by atoms with van der Waals surface area (Å²) < 4.78 is 1.93. The SMILES string of the molecule is CCCNC(CCC1CC1)c1cn(C)nc1C. The largest absolute Gasteiger partial charge is 0.310 e. The van der Waals surface area contributed by atoms with Crippen LogP contribution in [0.3, 0.4) is 0 Å². The first-order valence-corrected chi connectivity index (χ1v) is 6.94. The number of nitrogens with one attached hydrogen (secondary N) is 1. The highest BCUT2D eigenvalue weighted by Gasteiger charge is 2.24. The van der Waals surface area contributed by atoms with E-state index in [9.17, 15) is 0 Å². The summed E-state index contributed by atoms with van der Waals surface area (Å²) in [5.74, 6) is 1.01. The van der Waals surface area contributed by atoms with Gasteiger partial charge in [0.1, 0.15) is 0 Å². The molecule has 0 aromatic carbocycles. The Morgan fingerprint density at radius 2 is 2.29 bits per heavy atom. The molecule has 0 radical (unpaired) electrons. The van der Waals surface area contributed by atoms with E-state index in [1.54, 1.807) is 0 Å². The van der Waals surface area contributed by atoms with Gasteiger partial charge in [0.2, 0.25) is 0 Å². The van der Waals surface area contributed by atoms with E-state index in [0.717, 1.165) is 12.5 Å². The van der Waals surface area contributed by atoms with Crippen molar-refractivity contribution in [1.82, 2.24) is 15.1 Å². The Kier molecular flexibility index (Phi) is 4.21. The van der Waals surface area contributed by atoms with Gasteiger partial charge in [-0.15, -0.1) is 0 Å².